The summed E-state index contributed by atoms with van der Waals surface area (Å²) in [7, 11) is 0. The molecule has 1 rings (SSSR count). The van der Waals surface area contributed by atoms with E-state index in [0.717, 1.165) is 5.56 Å². The van der Waals surface area contributed by atoms with Gasteiger partial charge in [-0.05, 0) is 12.0 Å². The van der Waals surface area contributed by atoms with Crippen LogP contribution in [0.15, 0.2) is 35.5 Å². The van der Waals surface area contributed by atoms with Crippen molar-refractivity contribution >= 4 is 5.91 Å². The third-order valence-electron chi connectivity index (χ3n) is 1.71. The lowest BCUT2D eigenvalue weighted by atomic mass is 10.1. The lowest BCUT2D eigenvalue weighted by Crippen LogP contribution is -2.31. The Morgan fingerprint density at radius 1 is 1.38 bits per heavy atom. The Labute approximate surface area is 75.7 Å². The molecule has 13 heavy (non-hydrogen) atoms. The Balaban J connectivity index is 2.60. The fraction of sp³-hybridized carbons (Fsp3) is 0.222. The van der Waals surface area contributed by atoms with Gasteiger partial charge in [-0.3, -0.25) is 4.79 Å². The number of hydrogen-bond donors (Lipinski definition) is 1. The highest BCUT2D eigenvalue weighted by atomic mass is 16.3. The number of rotatable bonds is 3. The number of carbonyl (C=O) groups excluding carboxylic acids is 1. The Morgan fingerprint density at radius 2 is 2.00 bits per heavy atom. The SMILES string of the molecule is NC(Cc1ccccc1)C(=O)N=O. The summed E-state index contributed by atoms with van der Waals surface area (Å²) in [5.41, 5.74) is 6.34. The minimum absolute atomic E-state index is 0.353. The zero-order valence-electron chi connectivity index (χ0n) is 7.01. The van der Waals surface area contributed by atoms with Crippen molar-refractivity contribution in [2.75, 3.05) is 0 Å². The topological polar surface area (TPSA) is 72.5 Å². The Kier molecular flexibility index (Phi) is 3.28. The normalized spacial score (nSPS) is 12.1. The molecule has 2 N–H and O–H groups in total. The zero-order valence-corrected chi connectivity index (χ0v) is 7.01. The molecule has 0 radical (unpaired) electrons. The van der Waals surface area contributed by atoms with E-state index in [-0.39, 0.29) is 0 Å². The highest BCUT2D eigenvalue weighted by Crippen LogP contribution is 2.02. The molecule has 4 heteroatoms. The zero-order chi connectivity index (χ0) is 9.68. The highest BCUT2D eigenvalue weighted by Gasteiger charge is 2.13. The van der Waals surface area contributed by atoms with Crippen LogP contribution in [-0.4, -0.2) is 11.9 Å². The predicted octanol–water partition coefficient (Wildman–Crippen LogP) is 0.849. The maximum atomic E-state index is 10.7. The molecule has 0 aromatic heterocycles. The van der Waals surface area contributed by atoms with Crippen molar-refractivity contribution in [1.82, 2.24) is 0 Å². The second-order valence-electron chi connectivity index (χ2n) is 2.73. The van der Waals surface area contributed by atoms with Gasteiger partial charge in [-0.15, -0.1) is 4.91 Å². The first-order chi connectivity index (χ1) is 6.24. The molecule has 1 aromatic rings. The van der Waals surface area contributed by atoms with Gasteiger partial charge in [-0.2, -0.15) is 0 Å². The monoisotopic (exact) mass is 178 g/mol. The first-order valence-electron chi connectivity index (χ1n) is 3.90. The maximum Gasteiger partial charge on any atom is 0.303 e. The van der Waals surface area contributed by atoms with Gasteiger partial charge in [0.2, 0.25) is 0 Å². The van der Waals surface area contributed by atoms with E-state index in [1.54, 1.807) is 0 Å². The van der Waals surface area contributed by atoms with Crippen LogP contribution in [0.3, 0.4) is 0 Å². The number of nitrogens with zero attached hydrogens (tertiary/aromatic N) is 1. The molecule has 4 nitrogen and oxygen atoms in total. The van der Waals surface area contributed by atoms with Crippen molar-refractivity contribution in [2.45, 2.75) is 12.5 Å². The van der Waals surface area contributed by atoms with Gasteiger partial charge in [0, 0.05) is 5.18 Å². The van der Waals surface area contributed by atoms with Gasteiger partial charge >= 0.3 is 5.91 Å². The standard InChI is InChI=1S/C9H10N2O2/c10-8(9(12)11-13)6-7-4-2-1-3-5-7/h1-5,8H,6,10H2. The molecule has 1 amide bonds. The van der Waals surface area contributed by atoms with Crippen molar-refractivity contribution in [1.29, 1.82) is 0 Å². The second-order valence-corrected chi connectivity index (χ2v) is 2.73. The number of benzene rings is 1. The lowest BCUT2D eigenvalue weighted by molar-refractivity contribution is -0.119. The van der Waals surface area contributed by atoms with E-state index in [9.17, 15) is 9.70 Å². The maximum absolute atomic E-state index is 10.7. The molecular formula is C9H10N2O2. The third kappa shape index (κ3) is 2.76. The van der Waals surface area contributed by atoms with Crippen LogP contribution < -0.4 is 5.73 Å². The van der Waals surface area contributed by atoms with Gasteiger partial charge in [-0.25, -0.2) is 0 Å². The molecule has 1 aromatic carbocycles. The van der Waals surface area contributed by atoms with E-state index >= 15 is 0 Å². The van der Waals surface area contributed by atoms with Crippen molar-refractivity contribution in [3.05, 3.63) is 40.8 Å². The van der Waals surface area contributed by atoms with Crippen LogP contribution in [0, 0.1) is 4.91 Å². The van der Waals surface area contributed by atoms with Crippen LogP contribution in [-0.2, 0) is 11.2 Å². The Bertz CT molecular complexity index is 298. The fourth-order valence-electron chi connectivity index (χ4n) is 1.02. The summed E-state index contributed by atoms with van der Waals surface area (Å²) < 4.78 is 0. The Hall–Kier alpha value is -1.55. The average molecular weight is 178 g/mol. The van der Waals surface area contributed by atoms with E-state index in [2.05, 4.69) is 5.18 Å². The summed E-state index contributed by atoms with van der Waals surface area (Å²) in [6.45, 7) is 0. The quantitative estimate of drug-likeness (QED) is 0.697. The van der Waals surface area contributed by atoms with Gasteiger partial charge < -0.3 is 5.73 Å². The van der Waals surface area contributed by atoms with E-state index in [1.165, 1.54) is 0 Å². The van der Waals surface area contributed by atoms with Crippen LogP contribution in [0.4, 0.5) is 0 Å². The van der Waals surface area contributed by atoms with Crippen molar-refractivity contribution in [3.8, 4) is 0 Å². The lowest BCUT2D eigenvalue weighted by Gasteiger charge is -2.04. The Morgan fingerprint density at radius 3 is 2.54 bits per heavy atom. The summed E-state index contributed by atoms with van der Waals surface area (Å²) in [5.74, 6) is -0.802. The molecule has 0 fully saturated rings. The summed E-state index contributed by atoms with van der Waals surface area (Å²) in [4.78, 5) is 20.6. The van der Waals surface area contributed by atoms with E-state index in [0.29, 0.717) is 6.42 Å². The van der Waals surface area contributed by atoms with E-state index in [4.69, 9.17) is 5.73 Å². The van der Waals surface area contributed by atoms with Gasteiger partial charge in [0.1, 0.15) is 0 Å². The van der Waals surface area contributed by atoms with Crippen LogP contribution >= 0.6 is 0 Å². The molecule has 0 aliphatic rings. The van der Waals surface area contributed by atoms with Crippen LogP contribution in [0.2, 0.25) is 0 Å². The first-order valence-corrected chi connectivity index (χ1v) is 3.90. The summed E-state index contributed by atoms with van der Waals surface area (Å²) in [5, 5.41) is 2.27. The molecule has 0 bridgehead atoms. The highest BCUT2D eigenvalue weighted by molar-refractivity contribution is 5.82. The molecule has 0 saturated carbocycles. The average Bonchev–Trinajstić information content (AvgIpc) is 2.18. The second kappa shape index (κ2) is 4.47. The summed E-state index contributed by atoms with van der Waals surface area (Å²) >= 11 is 0. The molecular weight excluding hydrogens is 168 g/mol. The van der Waals surface area contributed by atoms with Gasteiger partial charge in [-0.1, -0.05) is 30.3 Å². The van der Waals surface area contributed by atoms with E-state index < -0.39 is 11.9 Å². The summed E-state index contributed by atoms with van der Waals surface area (Å²) in [6.07, 6.45) is 0.353. The number of amides is 1. The smallest absolute Gasteiger partial charge is 0.303 e. The third-order valence-corrected chi connectivity index (χ3v) is 1.71. The largest absolute Gasteiger partial charge is 0.319 e. The van der Waals surface area contributed by atoms with Gasteiger partial charge in [0.25, 0.3) is 0 Å². The van der Waals surface area contributed by atoms with Crippen LogP contribution in [0.1, 0.15) is 5.56 Å². The van der Waals surface area contributed by atoms with Crippen LogP contribution in [0.25, 0.3) is 0 Å². The number of nitroso groups, excluding NO2 is 1. The van der Waals surface area contributed by atoms with Gasteiger partial charge in [0.15, 0.2) is 0 Å². The molecule has 68 valence electrons. The number of hydrogen-bond acceptors (Lipinski definition) is 3. The fourth-order valence-corrected chi connectivity index (χ4v) is 1.02. The molecule has 0 aliphatic carbocycles. The molecule has 1 atom stereocenters. The summed E-state index contributed by atoms with van der Waals surface area (Å²) in [6, 6.07) is 8.44. The molecule has 1 unspecified atom stereocenters. The molecule has 0 spiro atoms. The number of nitrogens with two attached hydrogens (primary N) is 1. The molecule has 0 saturated heterocycles. The predicted molar refractivity (Wildman–Crippen MR) is 48.9 cm³/mol. The van der Waals surface area contributed by atoms with Crippen LogP contribution in [0.5, 0.6) is 0 Å². The molecule has 0 heterocycles. The van der Waals surface area contributed by atoms with Crippen molar-refractivity contribution in [2.24, 2.45) is 10.9 Å². The van der Waals surface area contributed by atoms with Gasteiger partial charge in [0.05, 0.1) is 6.04 Å². The minimum Gasteiger partial charge on any atom is -0.319 e. The van der Waals surface area contributed by atoms with E-state index in [1.807, 2.05) is 30.3 Å². The molecule has 0 aliphatic heterocycles. The minimum atomic E-state index is -0.820. The number of carbonyl (C=O) groups is 1. The van der Waals surface area contributed by atoms with Crippen molar-refractivity contribution in [3.63, 3.8) is 0 Å². The van der Waals surface area contributed by atoms with Crippen molar-refractivity contribution < 1.29 is 4.79 Å². The first kappa shape index (κ1) is 9.54.